The van der Waals surface area contributed by atoms with Crippen LogP contribution in [0.25, 0.3) is 11.1 Å². The maximum absolute atomic E-state index is 5.70. The summed E-state index contributed by atoms with van der Waals surface area (Å²) in [6, 6.07) is 11.7. The molecule has 0 spiro atoms. The van der Waals surface area contributed by atoms with Gasteiger partial charge < -0.3 is 15.2 Å². The van der Waals surface area contributed by atoms with Gasteiger partial charge in [-0.05, 0) is 35.4 Å². The summed E-state index contributed by atoms with van der Waals surface area (Å²) in [5.41, 5.74) is 8.61. The van der Waals surface area contributed by atoms with E-state index in [9.17, 15) is 0 Å². The first-order valence-electron chi connectivity index (χ1n) is 5.69. The van der Waals surface area contributed by atoms with Crippen LogP contribution < -0.4 is 15.2 Å². The van der Waals surface area contributed by atoms with Gasteiger partial charge >= 0.3 is 0 Å². The summed E-state index contributed by atoms with van der Waals surface area (Å²) >= 11 is 3.56. The minimum absolute atomic E-state index is 0.593. The fraction of sp³-hybridized carbons (Fsp3) is 0.143. The smallest absolute Gasteiger partial charge is 0.162 e. The molecule has 2 aromatic rings. The van der Waals surface area contributed by atoms with Gasteiger partial charge in [-0.15, -0.1) is 0 Å². The number of anilines is 1. The zero-order valence-electron chi connectivity index (χ0n) is 9.65. The Morgan fingerprint density at radius 3 is 2.22 bits per heavy atom. The second-order valence-corrected chi connectivity index (χ2v) is 4.95. The highest BCUT2D eigenvalue weighted by atomic mass is 79.9. The first-order chi connectivity index (χ1) is 8.74. The zero-order valence-corrected chi connectivity index (χ0v) is 11.2. The van der Waals surface area contributed by atoms with Crippen molar-refractivity contribution in [2.45, 2.75) is 0 Å². The lowest BCUT2D eigenvalue weighted by atomic mass is 10.0. The summed E-state index contributed by atoms with van der Waals surface area (Å²) in [6.45, 7) is 1.19. The Morgan fingerprint density at radius 2 is 1.56 bits per heavy atom. The molecule has 0 saturated carbocycles. The fourth-order valence-electron chi connectivity index (χ4n) is 1.95. The van der Waals surface area contributed by atoms with E-state index in [1.807, 2.05) is 36.4 Å². The van der Waals surface area contributed by atoms with Gasteiger partial charge in [0.2, 0.25) is 0 Å². The molecule has 0 bridgehead atoms. The highest BCUT2D eigenvalue weighted by Crippen LogP contribution is 2.40. The average Bonchev–Trinajstić information content (AvgIpc) is 2.39. The Labute approximate surface area is 114 Å². The van der Waals surface area contributed by atoms with Crippen molar-refractivity contribution in [1.29, 1.82) is 0 Å². The second kappa shape index (κ2) is 4.53. The number of nitrogen functional groups attached to an aromatic ring is 1. The molecule has 0 radical (unpaired) electrons. The Morgan fingerprint density at radius 1 is 0.944 bits per heavy atom. The number of ether oxygens (including phenoxy) is 2. The summed E-state index contributed by atoms with van der Waals surface area (Å²) in [7, 11) is 0. The first-order valence-corrected chi connectivity index (χ1v) is 6.48. The van der Waals surface area contributed by atoms with E-state index in [2.05, 4.69) is 15.9 Å². The van der Waals surface area contributed by atoms with Gasteiger partial charge in [0, 0.05) is 10.2 Å². The molecule has 1 aliphatic rings. The van der Waals surface area contributed by atoms with Crippen molar-refractivity contribution in [1.82, 2.24) is 0 Å². The number of benzene rings is 2. The molecule has 92 valence electrons. The van der Waals surface area contributed by atoms with Crippen molar-refractivity contribution in [2.24, 2.45) is 0 Å². The van der Waals surface area contributed by atoms with Gasteiger partial charge in [-0.3, -0.25) is 0 Å². The van der Waals surface area contributed by atoms with Gasteiger partial charge in [0.25, 0.3) is 0 Å². The standard InChI is InChI=1S/C14H12BrNO2/c15-12-8-14-13(17-5-6-18-14)7-11(12)9-1-3-10(16)4-2-9/h1-4,7-8H,5-6,16H2. The van der Waals surface area contributed by atoms with Crippen molar-refractivity contribution in [3.05, 3.63) is 40.9 Å². The van der Waals surface area contributed by atoms with Gasteiger partial charge in [0.15, 0.2) is 11.5 Å². The van der Waals surface area contributed by atoms with Crippen molar-refractivity contribution < 1.29 is 9.47 Å². The molecular formula is C14H12BrNO2. The number of hydrogen-bond acceptors (Lipinski definition) is 3. The third-order valence-electron chi connectivity index (χ3n) is 2.85. The largest absolute Gasteiger partial charge is 0.486 e. The Hall–Kier alpha value is -1.68. The molecule has 3 rings (SSSR count). The van der Waals surface area contributed by atoms with Crippen molar-refractivity contribution >= 4 is 21.6 Å². The number of nitrogens with two attached hydrogens (primary N) is 1. The van der Waals surface area contributed by atoms with Crippen LogP contribution in [0.5, 0.6) is 11.5 Å². The van der Waals surface area contributed by atoms with Crippen LogP contribution in [-0.4, -0.2) is 13.2 Å². The van der Waals surface area contributed by atoms with Gasteiger partial charge in [0.05, 0.1) is 0 Å². The van der Waals surface area contributed by atoms with Crippen LogP contribution in [0.2, 0.25) is 0 Å². The SMILES string of the molecule is Nc1ccc(-c2cc3c(cc2Br)OCCO3)cc1. The third-order valence-corrected chi connectivity index (χ3v) is 3.51. The molecule has 0 amide bonds. The third kappa shape index (κ3) is 2.04. The topological polar surface area (TPSA) is 44.5 Å². The Kier molecular flexibility index (Phi) is 2.88. The van der Waals surface area contributed by atoms with E-state index in [0.29, 0.717) is 13.2 Å². The molecule has 0 saturated heterocycles. The normalized spacial score (nSPS) is 13.4. The highest BCUT2D eigenvalue weighted by Gasteiger charge is 2.15. The number of halogens is 1. The van der Waals surface area contributed by atoms with E-state index in [1.165, 1.54) is 0 Å². The van der Waals surface area contributed by atoms with E-state index in [0.717, 1.165) is 32.8 Å². The van der Waals surface area contributed by atoms with Crippen LogP contribution in [0.15, 0.2) is 40.9 Å². The van der Waals surface area contributed by atoms with Crippen molar-refractivity contribution in [3.8, 4) is 22.6 Å². The molecule has 2 aromatic carbocycles. The maximum atomic E-state index is 5.70. The second-order valence-electron chi connectivity index (χ2n) is 4.10. The molecule has 4 heteroatoms. The fourth-order valence-corrected chi connectivity index (χ4v) is 2.50. The highest BCUT2D eigenvalue weighted by molar-refractivity contribution is 9.10. The molecule has 0 fully saturated rings. The maximum Gasteiger partial charge on any atom is 0.162 e. The monoisotopic (exact) mass is 305 g/mol. The number of hydrogen-bond donors (Lipinski definition) is 1. The van der Waals surface area contributed by atoms with Gasteiger partial charge in [-0.2, -0.15) is 0 Å². The van der Waals surface area contributed by atoms with E-state index >= 15 is 0 Å². The molecule has 3 nitrogen and oxygen atoms in total. The van der Waals surface area contributed by atoms with Gasteiger partial charge in [0.1, 0.15) is 13.2 Å². The molecule has 0 aliphatic carbocycles. The predicted octanol–water partition coefficient (Wildman–Crippen LogP) is 3.47. The predicted molar refractivity (Wildman–Crippen MR) is 75.0 cm³/mol. The van der Waals surface area contributed by atoms with E-state index < -0.39 is 0 Å². The van der Waals surface area contributed by atoms with E-state index in [1.54, 1.807) is 0 Å². The average molecular weight is 306 g/mol. The quantitative estimate of drug-likeness (QED) is 0.821. The molecule has 1 heterocycles. The molecule has 0 aromatic heterocycles. The van der Waals surface area contributed by atoms with Gasteiger partial charge in [-0.1, -0.05) is 28.1 Å². The molecule has 18 heavy (non-hydrogen) atoms. The van der Waals surface area contributed by atoms with Crippen molar-refractivity contribution in [3.63, 3.8) is 0 Å². The van der Waals surface area contributed by atoms with Crippen LogP contribution in [-0.2, 0) is 0 Å². The molecule has 2 N–H and O–H groups in total. The van der Waals surface area contributed by atoms with Crippen LogP contribution >= 0.6 is 15.9 Å². The summed E-state index contributed by atoms with van der Waals surface area (Å²) in [6.07, 6.45) is 0. The lowest BCUT2D eigenvalue weighted by molar-refractivity contribution is 0.171. The zero-order chi connectivity index (χ0) is 12.5. The molecular weight excluding hydrogens is 294 g/mol. The molecule has 0 unspecified atom stereocenters. The lowest BCUT2D eigenvalue weighted by Crippen LogP contribution is -2.15. The summed E-state index contributed by atoms with van der Waals surface area (Å²) in [5.74, 6) is 1.57. The van der Waals surface area contributed by atoms with E-state index in [4.69, 9.17) is 15.2 Å². The Balaban J connectivity index is 2.09. The summed E-state index contributed by atoms with van der Waals surface area (Å²) in [4.78, 5) is 0. The van der Waals surface area contributed by atoms with E-state index in [-0.39, 0.29) is 0 Å². The summed E-state index contributed by atoms with van der Waals surface area (Å²) in [5, 5.41) is 0. The lowest BCUT2D eigenvalue weighted by Gasteiger charge is -2.20. The van der Waals surface area contributed by atoms with Crippen LogP contribution in [0.4, 0.5) is 5.69 Å². The van der Waals surface area contributed by atoms with Gasteiger partial charge in [-0.25, -0.2) is 0 Å². The van der Waals surface area contributed by atoms with Crippen LogP contribution in [0.3, 0.4) is 0 Å². The number of rotatable bonds is 1. The minimum atomic E-state index is 0.593. The Bertz CT molecular complexity index is 581. The minimum Gasteiger partial charge on any atom is -0.486 e. The number of fused-ring (bicyclic) bond motifs is 1. The molecule has 1 aliphatic heterocycles. The van der Waals surface area contributed by atoms with Crippen LogP contribution in [0.1, 0.15) is 0 Å². The first kappa shape index (κ1) is 11.4. The van der Waals surface area contributed by atoms with Crippen LogP contribution in [0, 0.1) is 0 Å². The summed E-state index contributed by atoms with van der Waals surface area (Å²) < 4.78 is 12.1. The molecule has 0 atom stereocenters. The van der Waals surface area contributed by atoms with Crippen molar-refractivity contribution in [2.75, 3.05) is 18.9 Å².